The van der Waals surface area contributed by atoms with Gasteiger partial charge in [-0.25, -0.2) is 8.42 Å². The van der Waals surface area contributed by atoms with E-state index in [2.05, 4.69) is 26.0 Å². The summed E-state index contributed by atoms with van der Waals surface area (Å²) in [4.78, 5) is 12.4. The van der Waals surface area contributed by atoms with Gasteiger partial charge in [0.05, 0.1) is 6.04 Å². The van der Waals surface area contributed by atoms with Crippen molar-refractivity contribution in [2.24, 2.45) is 0 Å². The van der Waals surface area contributed by atoms with Crippen LogP contribution in [0.25, 0.3) is 0 Å². The lowest BCUT2D eigenvalue weighted by Gasteiger charge is -2.15. The Bertz CT molecular complexity index is 1020. The topological polar surface area (TPSA) is 75.3 Å². The van der Waals surface area contributed by atoms with Crippen LogP contribution in [0, 0.1) is 0 Å². The second-order valence-electron chi connectivity index (χ2n) is 5.86. The summed E-state index contributed by atoms with van der Waals surface area (Å²) >= 11 is 4.53. The molecule has 1 unspecified atom stereocenters. The second kappa shape index (κ2) is 8.24. The minimum Gasteiger partial charge on any atom is -0.346 e. The normalized spacial score (nSPS) is 12.4. The maximum Gasteiger partial charge on any atom is 0.271 e. The molecule has 0 aliphatic carbocycles. The summed E-state index contributed by atoms with van der Waals surface area (Å²) in [5.74, 6) is -0.224. The molecule has 0 saturated carbocycles. The standard InChI is InChI=1S/C19H17BrN2O3S2/c1-13(14-4-8-16(20)9-5-14)21-19(23)15-6-10-17(11-7-15)22-27(24,25)18-3-2-12-26-18/h2-13,22H,1H3,(H,21,23). The second-order valence-corrected chi connectivity index (χ2v) is 9.63. The first-order chi connectivity index (χ1) is 12.8. The van der Waals surface area contributed by atoms with Crippen molar-refractivity contribution >= 4 is 48.9 Å². The van der Waals surface area contributed by atoms with Crippen LogP contribution in [0.15, 0.2) is 74.7 Å². The predicted octanol–water partition coefficient (Wildman–Crippen LogP) is 4.80. The third kappa shape index (κ3) is 4.97. The molecule has 0 spiro atoms. The van der Waals surface area contributed by atoms with Gasteiger partial charge >= 0.3 is 0 Å². The highest BCUT2D eigenvalue weighted by Crippen LogP contribution is 2.21. The number of sulfonamides is 1. The number of carbonyl (C=O) groups is 1. The molecular weight excluding hydrogens is 448 g/mol. The number of hydrogen-bond donors (Lipinski definition) is 2. The third-order valence-electron chi connectivity index (χ3n) is 3.88. The molecule has 8 heteroatoms. The van der Waals surface area contributed by atoms with Crippen molar-refractivity contribution in [2.75, 3.05) is 4.72 Å². The molecule has 2 aromatic carbocycles. The molecule has 0 aliphatic heterocycles. The van der Waals surface area contributed by atoms with E-state index in [0.29, 0.717) is 11.3 Å². The Morgan fingerprint density at radius 3 is 2.30 bits per heavy atom. The largest absolute Gasteiger partial charge is 0.346 e. The molecule has 0 aliphatic rings. The molecule has 1 heterocycles. The molecule has 0 saturated heterocycles. The lowest BCUT2D eigenvalue weighted by Crippen LogP contribution is -2.26. The van der Waals surface area contributed by atoms with Crippen molar-refractivity contribution in [3.63, 3.8) is 0 Å². The van der Waals surface area contributed by atoms with Gasteiger partial charge in [0.15, 0.2) is 0 Å². The van der Waals surface area contributed by atoms with E-state index < -0.39 is 10.0 Å². The van der Waals surface area contributed by atoms with Crippen LogP contribution in [0.4, 0.5) is 5.69 Å². The highest BCUT2D eigenvalue weighted by molar-refractivity contribution is 9.10. The van der Waals surface area contributed by atoms with Gasteiger partial charge in [-0.05, 0) is 60.3 Å². The van der Waals surface area contributed by atoms with E-state index >= 15 is 0 Å². The first kappa shape index (κ1) is 19.6. The average Bonchev–Trinajstić information content (AvgIpc) is 3.18. The number of anilines is 1. The molecule has 1 amide bonds. The minimum atomic E-state index is -3.60. The zero-order chi connectivity index (χ0) is 19.4. The Hall–Kier alpha value is -2.16. The highest BCUT2D eigenvalue weighted by Gasteiger charge is 2.16. The number of nitrogens with one attached hydrogen (secondary N) is 2. The average molecular weight is 465 g/mol. The zero-order valence-corrected chi connectivity index (χ0v) is 17.6. The Morgan fingerprint density at radius 2 is 1.70 bits per heavy atom. The van der Waals surface area contributed by atoms with Crippen LogP contribution in [0.5, 0.6) is 0 Å². The lowest BCUT2D eigenvalue weighted by atomic mass is 10.1. The van der Waals surface area contributed by atoms with Gasteiger partial charge in [-0.2, -0.15) is 0 Å². The van der Waals surface area contributed by atoms with Gasteiger partial charge in [0.2, 0.25) is 0 Å². The molecule has 0 bridgehead atoms. The lowest BCUT2D eigenvalue weighted by molar-refractivity contribution is 0.0940. The fourth-order valence-electron chi connectivity index (χ4n) is 2.43. The van der Waals surface area contributed by atoms with Gasteiger partial charge < -0.3 is 5.32 Å². The molecule has 3 aromatic rings. The van der Waals surface area contributed by atoms with Gasteiger partial charge in [-0.15, -0.1) is 11.3 Å². The van der Waals surface area contributed by atoms with Gasteiger partial charge in [-0.3, -0.25) is 9.52 Å². The molecule has 0 radical (unpaired) electrons. The molecule has 3 rings (SSSR count). The van der Waals surface area contributed by atoms with Crippen molar-refractivity contribution in [3.8, 4) is 0 Å². The first-order valence-corrected chi connectivity index (χ1v) is 11.2. The summed E-state index contributed by atoms with van der Waals surface area (Å²) in [5, 5.41) is 4.63. The summed E-state index contributed by atoms with van der Waals surface area (Å²) in [6, 6.07) is 17.1. The van der Waals surface area contributed by atoms with E-state index in [9.17, 15) is 13.2 Å². The van der Waals surface area contributed by atoms with Crippen LogP contribution in [-0.2, 0) is 10.0 Å². The van der Waals surface area contributed by atoms with E-state index in [1.807, 2.05) is 31.2 Å². The number of amides is 1. The first-order valence-electron chi connectivity index (χ1n) is 8.08. The molecule has 1 aromatic heterocycles. The molecular formula is C19H17BrN2O3S2. The van der Waals surface area contributed by atoms with Gasteiger partial charge in [0, 0.05) is 15.7 Å². The van der Waals surface area contributed by atoms with Gasteiger partial charge in [0.1, 0.15) is 4.21 Å². The van der Waals surface area contributed by atoms with E-state index in [0.717, 1.165) is 21.4 Å². The summed E-state index contributed by atoms with van der Waals surface area (Å²) < 4.78 is 28.2. The Balaban J connectivity index is 1.66. The van der Waals surface area contributed by atoms with E-state index in [4.69, 9.17) is 0 Å². The monoisotopic (exact) mass is 464 g/mol. The van der Waals surface area contributed by atoms with Gasteiger partial charge in [-0.1, -0.05) is 34.1 Å². The van der Waals surface area contributed by atoms with Crippen LogP contribution in [0.3, 0.4) is 0 Å². The molecule has 1 atom stereocenters. The molecule has 5 nitrogen and oxygen atoms in total. The summed E-state index contributed by atoms with van der Waals surface area (Å²) in [6.07, 6.45) is 0. The fourth-order valence-corrected chi connectivity index (χ4v) is 4.74. The Labute approximate surface area is 170 Å². The smallest absolute Gasteiger partial charge is 0.271 e. The van der Waals surface area contributed by atoms with Crippen LogP contribution in [0.1, 0.15) is 28.9 Å². The maximum atomic E-state index is 12.4. The quantitative estimate of drug-likeness (QED) is 0.549. The molecule has 0 fully saturated rings. The van der Waals surface area contributed by atoms with Crippen molar-refractivity contribution < 1.29 is 13.2 Å². The van der Waals surface area contributed by atoms with Crippen LogP contribution in [-0.4, -0.2) is 14.3 Å². The SMILES string of the molecule is CC(NC(=O)c1ccc(NS(=O)(=O)c2cccs2)cc1)c1ccc(Br)cc1. The number of rotatable bonds is 6. The maximum absolute atomic E-state index is 12.4. The van der Waals surface area contributed by atoms with Crippen LogP contribution >= 0.6 is 27.3 Å². The van der Waals surface area contributed by atoms with E-state index in [1.54, 1.807) is 41.8 Å². The predicted molar refractivity (Wildman–Crippen MR) is 112 cm³/mol. The number of thiophene rings is 1. The minimum absolute atomic E-state index is 0.150. The van der Waals surface area contributed by atoms with Crippen molar-refractivity contribution in [3.05, 3.63) is 81.6 Å². The Kier molecular flexibility index (Phi) is 5.98. The number of benzene rings is 2. The Morgan fingerprint density at radius 1 is 1.04 bits per heavy atom. The van der Waals surface area contributed by atoms with Crippen LogP contribution in [0.2, 0.25) is 0 Å². The number of carbonyl (C=O) groups excluding carboxylic acids is 1. The fraction of sp³-hybridized carbons (Fsp3) is 0.105. The summed E-state index contributed by atoms with van der Waals surface area (Å²) in [7, 11) is -3.60. The van der Waals surface area contributed by atoms with Crippen molar-refractivity contribution in [1.82, 2.24) is 5.32 Å². The summed E-state index contributed by atoms with van der Waals surface area (Å²) in [5.41, 5.74) is 1.85. The number of halogens is 1. The molecule has 140 valence electrons. The van der Waals surface area contributed by atoms with Crippen molar-refractivity contribution in [2.45, 2.75) is 17.2 Å². The van der Waals surface area contributed by atoms with E-state index in [-0.39, 0.29) is 16.2 Å². The molecule has 2 N–H and O–H groups in total. The van der Waals surface area contributed by atoms with Crippen LogP contribution < -0.4 is 10.0 Å². The number of hydrogen-bond acceptors (Lipinski definition) is 4. The molecule has 27 heavy (non-hydrogen) atoms. The van der Waals surface area contributed by atoms with Crippen molar-refractivity contribution in [1.29, 1.82) is 0 Å². The third-order valence-corrected chi connectivity index (χ3v) is 7.18. The highest BCUT2D eigenvalue weighted by atomic mass is 79.9. The summed E-state index contributed by atoms with van der Waals surface area (Å²) in [6.45, 7) is 1.91. The zero-order valence-electron chi connectivity index (χ0n) is 14.3. The van der Waals surface area contributed by atoms with Gasteiger partial charge in [0.25, 0.3) is 15.9 Å². The van der Waals surface area contributed by atoms with E-state index in [1.165, 1.54) is 0 Å².